The van der Waals surface area contributed by atoms with Crippen LogP contribution >= 0.6 is 0 Å². The van der Waals surface area contributed by atoms with Gasteiger partial charge in [0.1, 0.15) is 11.4 Å². The fraction of sp³-hybridized carbons (Fsp3) is 0.556. The summed E-state index contributed by atoms with van der Waals surface area (Å²) < 4.78 is 0. The molecular formula is C18H24N2O. The number of hydrogen-bond donors (Lipinski definition) is 1. The Bertz CT molecular complexity index is 561. The first-order chi connectivity index (χ1) is 9.90. The Hall–Kier alpha value is -1.64. The van der Waals surface area contributed by atoms with Gasteiger partial charge in [0.15, 0.2) is 0 Å². The van der Waals surface area contributed by atoms with Gasteiger partial charge >= 0.3 is 0 Å². The van der Waals surface area contributed by atoms with Crippen LogP contribution in [0.15, 0.2) is 35.3 Å². The lowest BCUT2D eigenvalue weighted by Crippen LogP contribution is -2.46. The summed E-state index contributed by atoms with van der Waals surface area (Å²) in [5, 5.41) is 3.15. The number of nitrogens with zero attached hydrogens (tertiary/aromatic N) is 1. The van der Waals surface area contributed by atoms with E-state index in [2.05, 4.69) is 26.1 Å². The number of nitrogens with one attached hydrogen (secondary N) is 1. The highest BCUT2D eigenvalue weighted by molar-refractivity contribution is 6.46. The third kappa shape index (κ3) is 2.74. The third-order valence-electron chi connectivity index (χ3n) is 4.97. The zero-order valence-corrected chi connectivity index (χ0v) is 13.1. The van der Waals surface area contributed by atoms with Crippen molar-refractivity contribution in [3.63, 3.8) is 0 Å². The van der Waals surface area contributed by atoms with Crippen LogP contribution in [0.25, 0.3) is 0 Å². The Kier molecular flexibility index (Phi) is 3.39. The monoisotopic (exact) mass is 284 g/mol. The van der Waals surface area contributed by atoms with E-state index in [0.717, 1.165) is 37.2 Å². The molecule has 3 nitrogen and oxygen atoms in total. The van der Waals surface area contributed by atoms with E-state index in [0.29, 0.717) is 11.1 Å². The number of carbonyl (C=O) groups is 1. The van der Waals surface area contributed by atoms with Crippen LogP contribution in [0.2, 0.25) is 0 Å². The minimum absolute atomic E-state index is 0.0181. The SMILES string of the molecule is CC(C)(C)C1CCC2(CC1)N=C(c1ccccc1)C(=O)N2. The molecule has 0 bridgehead atoms. The van der Waals surface area contributed by atoms with Crippen LogP contribution < -0.4 is 5.32 Å². The van der Waals surface area contributed by atoms with Crippen LogP contribution in [0.1, 0.15) is 52.0 Å². The fourth-order valence-electron chi connectivity index (χ4n) is 3.55. The summed E-state index contributed by atoms with van der Waals surface area (Å²) in [6, 6.07) is 9.77. The van der Waals surface area contributed by atoms with Gasteiger partial charge in [0.25, 0.3) is 5.91 Å². The van der Waals surface area contributed by atoms with Gasteiger partial charge in [-0.2, -0.15) is 0 Å². The Labute approximate surface area is 126 Å². The van der Waals surface area contributed by atoms with Crippen LogP contribution in [0.3, 0.4) is 0 Å². The van der Waals surface area contributed by atoms with Crippen LogP contribution in [0.4, 0.5) is 0 Å². The largest absolute Gasteiger partial charge is 0.326 e. The van der Waals surface area contributed by atoms with Gasteiger partial charge in [-0.3, -0.25) is 9.79 Å². The first kappa shape index (κ1) is 14.3. The van der Waals surface area contributed by atoms with Gasteiger partial charge < -0.3 is 5.32 Å². The van der Waals surface area contributed by atoms with Gasteiger partial charge in [-0.05, 0) is 37.0 Å². The predicted molar refractivity (Wildman–Crippen MR) is 85.3 cm³/mol. The van der Waals surface area contributed by atoms with Crippen molar-refractivity contribution >= 4 is 11.6 Å². The maximum absolute atomic E-state index is 12.3. The molecule has 0 saturated heterocycles. The molecule has 1 fully saturated rings. The molecule has 0 atom stereocenters. The number of amides is 1. The summed E-state index contributed by atoms with van der Waals surface area (Å²) in [6.45, 7) is 6.92. The highest BCUT2D eigenvalue weighted by Gasteiger charge is 2.44. The van der Waals surface area contributed by atoms with Crippen molar-refractivity contribution in [1.82, 2.24) is 5.32 Å². The van der Waals surface area contributed by atoms with E-state index < -0.39 is 0 Å². The summed E-state index contributed by atoms with van der Waals surface area (Å²) in [6.07, 6.45) is 4.18. The zero-order chi connectivity index (χ0) is 15.1. The molecule has 1 aromatic rings. The summed E-state index contributed by atoms with van der Waals surface area (Å²) >= 11 is 0. The molecule has 3 heteroatoms. The summed E-state index contributed by atoms with van der Waals surface area (Å²) in [5.74, 6) is 0.700. The van der Waals surface area contributed by atoms with Gasteiger partial charge in [0.05, 0.1) is 0 Å². The molecule has 0 aromatic heterocycles. The maximum Gasteiger partial charge on any atom is 0.272 e. The Balaban J connectivity index is 1.80. The molecule has 1 saturated carbocycles. The van der Waals surface area contributed by atoms with Crippen LogP contribution in [-0.2, 0) is 4.79 Å². The standard InChI is InChI=1S/C18H24N2O/c1-17(2,3)14-9-11-18(12-10-14)19-15(16(21)20-18)13-7-5-4-6-8-13/h4-8,14H,9-12H2,1-3H3,(H,20,21). The Morgan fingerprint density at radius 3 is 2.33 bits per heavy atom. The summed E-state index contributed by atoms with van der Waals surface area (Å²) in [7, 11) is 0. The van der Waals surface area contributed by atoms with Crippen molar-refractivity contribution in [2.24, 2.45) is 16.3 Å². The van der Waals surface area contributed by atoms with Crippen molar-refractivity contribution in [3.8, 4) is 0 Å². The topological polar surface area (TPSA) is 41.5 Å². The third-order valence-corrected chi connectivity index (χ3v) is 4.97. The van der Waals surface area contributed by atoms with Gasteiger partial charge in [0, 0.05) is 5.56 Å². The smallest absolute Gasteiger partial charge is 0.272 e. The van der Waals surface area contributed by atoms with Gasteiger partial charge in [0.2, 0.25) is 0 Å². The van der Waals surface area contributed by atoms with Crippen LogP contribution in [0.5, 0.6) is 0 Å². The average Bonchev–Trinajstić information content (AvgIpc) is 2.76. The fourth-order valence-corrected chi connectivity index (χ4v) is 3.55. The van der Waals surface area contributed by atoms with Crippen LogP contribution in [0, 0.1) is 11.3 Å². The zero-order valence-electron chi connectivity index (χ0n) is 13.1. The molecular weight excluding hydrogens is 260 g/mol. The van der Waals surface area contributed by atoms with E-state index in [4.69, 9.17) is 4.99 Å². The molecule has 1 N–H and O–H groups in total. The van der Waals surface area contributed by atoms with Crippen LogP contribution in [-0.4, -0.2) is 17.3 Å². The quantitative estimate of drug-likeness (QED) is 0.842. The minimum Gasteiger partial charge on any atom is -0.326 e. The number of rotatable bonds is 1. The van der Waals surface area contributed by atoms with E-state index in [9.17, 15) is 4.79 Å². The second-order valence-corrected chi connectivity index (χ2v) is 7.45. The minimum atomic E-state index is -0.343. The number of aliphatic imine (C=N–C) groups is 1. The molecule has 2 aliphatic rings. The molecule has 1 aromatic carbocycles. The van der Waals surface area contributed by atoms with Gasteiger partial charge in [-0.15, -0.1) is 0 Å². The van der Waals surface area contributed by atoms with E-state index in [1.54, 1.807) is 0 Å². The van der Waals surface area contributed by atoms with E-state index in [1.165, 1.54) is 0 Å². The second kappa shape index (κ2) is 4.97. The highest BCUT2D eigenvalue weighted by atomic mass is 16.2. The van der Waals surface area contributed by atoms with E-state index >= 15 is 0 Å². The number of carbonyl (C=O) groups excluding carboxylic acids is 1. The average molecular weight is 284 g/mol. The molecule has 1 spiro atoms. The molecule has 21 heavy (non-hydrogen) atoms. The maximum atomic E-state index is 12.3. The number of benzene rings is 1. The molecule has 112 valence electrons. The first-order valence-corrected chi connectivity index (χ1v) is 7.87. The lowest BCUT2D eigenvalue weighted by molar-refractivity contribution is -0.115. The van der Waals surface area contributed by atoms with E-state index in [-0.39, 0.29) is 11.6 Å². The molecule has 0 unspecified atom stereocenters. The summed E-state index contributed by atoms with van der Waals surface area (Å²) in [5.41, 5.74) is 1.52. The summed E-state index contributed by atoms with van der Waals surface area (Å²) in [4.78, 5) is 17.1. The predicted octanol–water partition coefficient (Wildman–Crippen LogP) is 3.54. The lowest BCUT2D eigenvalue weighted by Gasteiger charge is -2.40. The molecule has 1 aliphatic heterocycles. The first-order valence-electron chi connectivity index (χ1n) is 7.87. The molecule has 3 rings (SSSR count). The second-order valence-electron chi connectivity index (χ2n) is 7.45. The molecule has 1 amide bonds. The Morgan fingerprint density at radius 1 is 1.14 bits per heavy atom. The highest BCUT2D eigenvalue weighted by Crippen LogP contribution is 2.43. The molecule has 1 heterocycles. The van der Waals surface area contributed by atoms with Crippen molar-refractivity contribution in [3.05, 3.63) is 35.9 Å². The van der Waals surface area contributed by atoms with Crippen molar-refractivity contribution in [2.75, 3.05) is 0 Å². The molecule has 1 aliphatic carbocycles. The van der Waals surface area contributed by atoms with Crippen molar-refractivity contribution < 1.29 is 4.79 Å². The normalized spacial score (nSPS) is 29.4. The van der Waals surface area contributed by atoms with E-state index in [1.807, 2.05) is 30.3 Å². The molecule has 0 radical (unpaired) electrons. The van der Waals surface area contributed by atoms with Crippen molar-refractivity contribution in [2.45, 2.75) is 52.1 Å². The van der Waals surface area contributed by atoms with Crippen molar-refractivity contribution in [1.29, 1.82) is 0 Å². The van der Waals surface area contributed by atoms with Gasteiger partial charge in [-0.1, -0.05) is 51.1 Å². The van der Waals surface area contributed by atoms with Gasteiger partial charge in [-0.25, -0.2) is 0 Å². The number of hydrogen-bond acceptors (Lipinski definition) is 2. The Morgan fingerprint density at radius 2 is 1.76 bits per heavy atom. The lowest BCUT2D eigenvalue weighted by atomic mass is 9.70.